The van der Waals surface area contributed by atoms with E-state index in [0.29, 0.717) is 19.0 Å². The zero-order valence-corrected chi connectivity index (χ0v) is 17.2. The molecule has 0 amide bonds. The largest absolute Gasteiger partial charge is 0.370 e. The Morgan fingerprint density at radius 3 is 2.32 bits per heavy atom. The summed E-state index contributed by atoms with van der Waals surface area (Å²) in [6, 6.07) is 12.1. The standard InChI is InChI=1S/C21H28N4O2S/c1-24-10-12-25(13-11-24)28(26,27)20-6-7-21(23-16-20)22-9-8-17-14-18-4-2-3-5-19(18)15-17/h2-7,16-17H,8-15H2,1H3,(H,22,23). The SMILES string of the molecule is CN1CCN(S(=O)(=O)c2ccc(NCCC3Cc4ccccc4C3)nc2)CC1. The zero-order valence-electron chi connectivity index (χ0n) is 16.3. The molecule has 1 N–H and O–H groups in total. The Balaban J connectivity index is 1.29. The number of nitrogens with one attached hydrogen (secondary N) is 1. The van der Waals surface area contributed by atoms with E-state index in [1.54, 1.807) is 16.4 Å². The van der Waals surface area contributed by atoms with Gasteiger partial charge < -0.3 is 10.2 Å². The number of sulfonamides is 1. The van der Waals surface area contributed by atoms with Crippen molar-refractivity contribution in [1.29, 1.82) is 0 Å². The number of aromatic nitrogens is 1. The molecule has 1 fully saturated rings. The van der Waals surface area contributed by atoms with Gasteiger partial charge in [-0.2, -0.15) is 4.31 Å². The molecule has 1 aliphatic carbocycles. The van der Waals surface area contributed by atoms with Crippen LogP contribution >= 0.6 is 0 Å². The molecule has 2 heterocycles. The van der Waals surface area contributed by atoms with Crippen LogP contribution in [-0.4, -0.2) is 62.4 Å². The summed E-state index contributed by atoms with van der Waals surface area (Å²) in [6.07, 6.45) is 4.85. The molecule has 1 aliphatic heterocycles. The van der Waals surface area contributed by atoms with Crippen molar-refractivity contribution in [3.05, 3.63) is 53.7 Å². The van der Waals surface area contributed by atoms with Crippen molar-refractivity contribution in [3.8, 4) is 0 Å². The van der Waals surface area contributed by atoms with Gasteiger partial charge in [0.1, 0.15) is 10.7 Å². The lowest BCUT2D eigenvalue weighted by molar-refractivity contribution is 0.222. The topological polar surface area (TPSA) is 65.5 Å². The first-order valence-electron chi connectivity index (χ1n) is 9.98. The summed E-state index contributed by atoms with van der Waals surface area (Å²) in [5, 5.41) is 3.34. The van der Waals surface area contributed by atoms with Gasteiger partial charge in [-0.3, -0.25) is 0 Å². The van der Waals surface area contributed by atoms with E-state index < -0.39 is 10.0 Å². The third kappa shape index (κ3) is 4.21. The molecule has 0 radical (unpaired) electrons. The van der Waals surface area contributed by atoms with Crippen molar-refractivity contribution in [2.75, 3.05) is 45.1 Å². The first kappa shape index (κ1) is 19.4. The Bertz CT molecular complexity index is 881. The second kappa shape index (κ2) is 8.19. The van der Waals surface area contributed by atoms with E-state index >= 15 is 0 Å². The number of likely N-dealkylation sites (N-methyl/N-ethyl adjacent to an activating group) is 1. The van der Waals surface area contributed by atoms with E-state index in [2.05, 4.69) is 39.5 Å². The van der Waals surface area contributed by atoms with E-state index in [1.165, 1.54) is 17.3 Å². The van der Waals surface area contributed by atoms with Crippen LogP contribution < -0.4 is 5.32 Å². The lowest BCUT2D eigenvalue weighted by Gasteiger charge is -2.31. The fourth-order valence-corrected chi connectivity index (χ4v) is 5.44. The Morgan fingerprint density at radius 1 is 1.04 bits per heavy atom. The molecular formula is C21H28N4O2S. The Kier molecular flexibility index (Phi) is 5.66. The van der Waals surface area contributed by atoms with Crippen LogP contribution in [0.25, 0.3) is 0 Å². The highest BCUT2D eigenvalue weighted by Crippen LogP contribution is 2.28. The lowest BCUT2D eigenvalue weighted by Crippen LogP contribution is -2.47. The second-order valence-electron chi connectivity index (χ2n) is 7.84. The van der Waals surface area contributed by atoms with Gasteiger partial charge in [0.2, 0.25) is 10.0 Å². The fraction of sp³-hybridized carbons (Fsp3) is 0.476. The summed E-state index contributed by atoms with van der Waals surface area (Å²) >= 11 is 0. The highest BCUT2D eigenvalue weighted by molar-refractivity contribution is 7.89. The molecule has 1 aromatic heterocycles. The number of hydrogen-bond acceptors (Lipinski definition) is 5. The molecule has 0 atom stereocenters. The van der Waals surface area contributed by atoms with Crippen molar-refractivity contribution in [2.45, 2.75) is 24.2 Å². The monoisotopic (exact) mass is 400 g/mol. The van der Waals surface area contributed by atoms with Crippen molar-refractivity contribution in [1.82, 2.24) is 14.2 Å². The van der Waals surface area contributed by atoms with Gasteiger partial charge in [-0.1, -0.05) is 24.3 Å². The average molecular weight is 401 g/mol. The van der Waals surface area contributed by atoms with Crippen LogP contribution in [0.5, 0.6) is 0 Å². The number of nitrogens with zero attached hydrogens (tertiary/aromatic N) is 3. The lowest BCUT2D eigenvalue weighted by atomic mass is 10.0. The van der Waals surface area contributed by atoms with Crippen LogP contribution in [0, 0.1) is 5.92 Å². The molecule has 0 bridgehead atoms. The summed E-state index contributed by atoms with van der Waals surface area (Å²) in [5.74, 6) is 1.40. The maximum Gasteiger partial charge on any atom is 0.244 e. The number of pyridine rings is 1. The summed E-state index contributed by atoms with van der Waals surface area (Å²) < 4.78 is 27.0. The molecule has 28 heavy (non-hydrogen) atoms. The third-order valence-electron chi connectivity index (χ3n) is 5.83. The van der Waals surface area contributed by atoms with E-state index in [4.69, 9.17) is 0 Å². The molecule has 0 spiro atoms. The molecule has 0 saturated carbocycles. The number of hydrogen-bond donors (Lipinski definition) is 1. The normalized spacial score (nSPS) is 18.9. The minimum Gasteiger partial charge on any atom is -0.370 e. The quantitative estimate of drug-likeness (QED) is 0.806. The van der Waals surface area contributed by atoms with Gasteiger partial charge in [0.15, 0.2) is 0 Å². The number of anilines is 1. The van der Waals surface area contributed by atoms with E-state index in [9.17, 15) is 8.42 Å². The molecule has 150 valence electrons. The summed E-state index contributed by atoms with van der Waals surface area (Å²) in [7, 11) is -1.44. The summed E-state index contributed by atoms with van der Waals surface area (Å²) in [6.45, 7) is 3.43. The van der Waals surface area contributed by atoms with E-state index in [0.717, 1.165) is 44.7 Å². The molecule has 1 saturated heterocycles. The van der Waals surface area contributed by atoms with Gasteiger partial charge in [0, 0.05) is 38.9 Å². The van der Waals surface area contributed by atoms with Crippen molar-refractivity contribution in [3.63, 3.8) is 0 Å². The predicted molar refractivity (Wildman–Crippen MR) is 111 cm³/mol. The van der Waals surface area contributed by atoms with Crippen molar-refractivity contribution >= 4 is 15.8 Å². The van der Waals surface area contributed by atoms with E-state index in [1.807, 2.05) is 7.05 Å². The van der Waals surface area contributed by atoms with Crippen LogP contribution in [0.2, 0.25) is 0 Å². The molecular weight excluding hydrogens is 372 g/mol. The molecule has 2 aliphatic rings. The number of fused-ring (bicyclic) bond motifs is 1. The number of benzene rings is 1. The second-order valence-corrected chi connectivity index (χ2v) is 9.78. The van der Waals surface area contributed by atoms with Crippen LogP contribution in [0.3, 0.4) is 0 Å². The van der Waals surface area contributed by atoms with Gasteiger partial charge in [-0.15, -0.1) is 0 Å². The molecule has 7 heteroatoms. The Hall–Kier alpha value is -1.96. The number of rotatable bonds is 6. The Morgan fingerprint density at radius 2 is 1.71 bits per heavy atom. The average Bonchev–Trinajstić information content (AvgIpc) is 3.11. The van der Waals surface area contributed by atoms with Crippen molar-refractivity contribution in [2.24, 2.45) is 5.92 Å². The first-order chi connectivity index (χ1) is 13.5. The van der Waals surface area contributed by atoms with Crippen LogP contribution in [-0.2, 0) is 22.9 Å². The molecule has 0 unspecified atom stereocenters. The van der Waals surface area contributed by atoms with Crippen molar-refractivity contribution < 1.29 is 8.42 Å². The van der Waals surface area contributed by atoms with Crippen LogP contribution in [0.4, 0.5) is 5.82 Å². The van der Waals surface area contributed by atoms with Crippen LogP contribution in [0.1, 0.15) is 17.5 Å². The minimum atomic E-state index is -3.45. The third-order valence-corrected chi connectivity index (χ3v) is 7.71. The molecule has 2 aromatic rings. The Labute approximate surface area is 167 Å². The smallest absolute Gasteiger partial charge is 0.244 e. The van der Waals surface area contributed by atoms with Crippen LogP contribution in [0.15, 0.2) is 47.5 Å². The van der Waals surface area contributed by atoms with Gasteiger partial charge >= 0.3 is 0 Å². The van der Waals surface area contributed by atoms with Gasteiger partial charge in [-0.25, -0.2) is 13.4 Å². The summed E-state index contributed by atoms with van der Waals surface area (Å²) in [5.41, 5.74) is 2.95. The molecule has 1 aromatic carbocycles. The fourth-order valence-electron chi connectivity index (χ4n) is 4.07. The van der Waals surface area contributed by atoms with Gasteiger partial charge in [0.05, 0.1) is 0 Å². The molecule has 4 rings (SSSR count). The zero-order chi connectivity index (χ0) is 19.6. The summed E-state index contributed by atoms with van der Waals surface area (Å²) in [4.78, 5) is 6.74. The van der Waals surface area contributed by atoms with Gasteiger partial charge in [-0.05, 0) is 55.5 Å². The first-order valence-corrected chi connectivity index (χ1v) is 11.4. The predicted octanol–water partition coefficient (Wildman–Crippen LogP) is 2.23. The van der Waals surface area contributed by atoms with E-state index in [-0.39, 0.29) is 4.90 Å². The maximum absolute atomic E-state index is 12.7. The minimum absolute atomic E-state index is 0.272. The van der Waals surface area contributed by atoms with Gasteiger partial charge in [0.25, 0.3) is 0 Å². The highest BCUT2D eigenvalue weighted by Gasteiger charge is 2.27. The highest BCUT2D eigenvalue weighted by atomic mass is 32.2. The molecule has 6 nitrogen and oxygen atoms in total. The number of piperazine rings is 1. The maximum atomic E-state index is 12.7.